The number of halogens is 1. The number of hydrazone groups is 1. The van der Waals surface area contributed by atoms with Gasteiger partial charge in [-0.25, -0.2) is 5.43 Å². The first-order chi connectivity index (χ1) is 13.0. The number of aromatic hydroxyl groups is 1. The molecule has 1 heterocycles. The van der Waals surface area contributed by atoms with E-state index < -0.39 is 0 Å². The number of hydrogen-bond donors (Lipinski definition) is 3. The zero-order valence-electron chi connectivity index (χ0n) is 15.5. The predicted molar refractivity (Wildman–Crippen MR) is 107 cm³/mol. The van der Waals surface area contributed by atoms with Crippen molar-refractivity contribution in [3.05, 3.63) is 64.2 Å². The Bertz CT molecular complexity index is 828. The molecule has 0 aromatic heterocycles. The summed E-state index contributed by atoms with van der Waals surface area (Å²) < 4.78 is 0. The van der Waals surface area contributed by atoms with Crippen LogP contribution in [0.5, 0.6) is 5.75 Å². The fraction of sp³-hybridized carbons (Fsp3) is 0.333. The number of carbonyl (C=O) groups is 1. The van der Waals surface area contributed by atoms with Crippen LogP contribution in [0.4, 0.5) is 0 Å². The van der Waals surface area contributed by atoms with Gasteiger partial charge in [0, 0.05) is 16.1 Å². The fourth-order valence-electron chi connectivity index (χ4n) is 3.32. The summed E-state index contributed by atoms with van der Waals surface area (Å²) in [7, 11) is 0. The summed E-state index contributed by atoms with van der Waals surface area (Å²) in [6.07, 6.45) is 3.79. The highest BCUT2D eigenvalue weighted by molar-refractivity contribution is 6.30. The molecule has 2 aromatic carbocycles. The van der Waals surface area contributed by atoms with Crippen LogP contribution in [-0.4, -0.2) is 29.8 Å². The number of rotatable bonds is 5. The average molecular weight is 387 g/mol. The highest BCUT2D eigenvalue weighted by Crippen LogP contribution is 2.18. The number of amides is 1. The van der Waals surface area contributed by atoms with Crippen LogP contribution >= 0.6 is 11.6 Å². The van der Waals surface area contributed by atoms with Crippen molar-refractivity contribution < 1.29 is 14.8 Å². The first-order valence-corrected chi connectivity index (χ1v) is 9.67. The summed E-state index contributed by atoms with van der Waals surface area (Å²) in [6, 6.07) is 12.1. The second kappa shape index (κ2) is 9.02. The molecular formula is C21H25ClN3O2+. The summed E-state index contributed by atoms with van der Waals surface area (Å²) in [4.78, 5) is 13.7. The molecule has 0 radical (unpaired) electrons. The maximum Gasteiger partial charge on any atom is 0.271 e. The molecule has 0 bridgehead atoms. The number of nitrogens with one attached hydrogen (secondary N) is 2. The van der Waals surface area contributed by atoms with Gasteiger partial charge in [0.05, 0.1) is 18.8 Å². The maximum atomic E-state index is 12.2. The normalized spacial score (nSPS) is 15.6. The average Bonchev–Trinajstić information content (AvgIpc) is 2.69. The van der Waals surface area contributed by atoms with Gasteiger partial charge in [-0.1, -0.05) is 11.6 Å². The van der Waals surface area contributed by atoms with Crippen LogP contribution in [0.3, 0.4) is 0 Å². The van der Waals surface area contributed by atoms with E-state index in [0.29, 0.717) is 22.0 Å². The number of quaternary nitrogens is 1. The van der Waals surface area contributed by atoms with Gasteiger partial charge in [-0.15, -0.1) is 0 Å². The molecule has 5 nitrogen and oxygen atoms in total. The topological polar surface area (TPSA) is 66.1 Å². The second-order valence-corrected chi connectivity index (χ2v) is 7.41. The molecule has 0 unspecified atom stereocenters. The number of carbonyl (C=O) groups excluding carboxylic acids is 1. The molecule has 27 heavy (non-hydrogen) atoms. The largest absolute Gasteiger partial charge is 0.507 e. The fourth-order valence-corrected chi connectivity index (χ4v) is 3.44. The minimum absolute atomic E-state index is 0.289. The van der Waals surface area contributed by atoms with Crippen molar-refractivity contribution in [2.24, 2.45) is 5.10 Å². The van der Waals surface area contributed by atoms with Crippen molar-refractivity contribution in [2.45, 2.75) is 32.7 Å². The van der Waals surface area contributed by atoms with E-state index in [9.17, 15) is 9.90 Å². The summed E-state index contributed by atoms with van der Waals surface area (Å²) >= 11 is 5.84. The molecule has 0 aliphatic carbocycles. The van der Waals surface area contributed by atoms with E-state index in [-0.39, 0.29) is 5.91 Å². The van der Waals surface area contributed by atoms with Crippen LogP contribution in [0, 0.1) is 0 Å². The van der Waals surface area contributed by atoms with Gasteiger partial charge in [0.1, 0.15) is 12.3 Å². The number of likely N-dealkylation sites (tertiary alicyclic amines) is 1. The number of phenolic OH excluding ortho intramolecular Hbond substituents is 1. The lowest BCUT2D eigenvalue weighted by Crippen LogP contribution is -3.11. The number of piperidine rings is 1. The standard InChI is InChI=1S/C21H24ClN3O2/c1-15(23-24-21(27)16-5-8-19(22)9-6-16)17-7-10-20(26)18(13-17)14-25-11-3-2-4-12-25/h5-10,13,26H,2-4,11-12,14H2,1H3,(H,24,27)/p+1/b23-15+. The van der Waals surface area contributed by atoms with Gasteiger partial charge in [-0.3, -0.25) is 4.79 Å². The van der Waals surface area contributed by atoms with Gasteiger partial charge >= 0.3 is 0 Å². The molecule has 3 N–H and O–H groups in total. The molecular weight excluding hydrogens is 362 g/mol. The summed E-state index contributed by atoms with van der Waals surface area (Å²) in [6.45, 7) is 4.94. The van der Waals surface area contributed by atoms with Crippen molar-refractivity contribution >= 4 is 23.2 Å². The third-order valence-electron chi connectivity index (χ3n) is 4.93. The zero-order valence-corrected chi connectivity index (χ0v) is 16.2. The minimum Gasteiger partial charge on any atom is -0.507 e. The third kappa shape index (κ3) is 5.31. The van der Waals surface area contributed by atoms with Crippen LogP contribution in [0.2, 0.25) is 5.02 Å². The van der Waals surface area contributed by atoms with Crippen LogP contribution in [0.1, 0.15) is 47.7 Å². The summed E-state index contributed by atoms with van der Waals surface area (Å²) in [5, 5.41) is 15.0. The number of hydrogen-bond acceptors (Lipinski definition) is 3. The van der Waals surface area contributed by atoms with Gasteiger partial charge in [0.15, 0.2) is 0 Å². The Morgan fingerprint density at radius 1 is 1.11 bits per heavy atom. The van der Waals surface area contributed by atoms with Crippen LogP contribution in [0.25, 0.3) is 0 Å². The SMILES string of the molecule is C/C(=N\NC(=O)c1ccc(Cl)cc1)c1ccc(O)c(C[NH+]2CCCCC2)c1. The molecule has 0 atom stereocenters. The van der Waals surface area contributed by atoms with Crippen molar-refractivity contribution in [1.29, 1.82) is 0 Å². The lowest BCUT2D eigenvalue weighted by Gasteiger charge is -2.24. The van der Waals surface area contributed by atoms with Crippen molar-refractivity contribution in [2.75, 3.05) is 13.1 Å². The predicted octanol–water partition coefficient (Wildman–Crippen LogP) is 2.77. The molecule has 142 valence electrons. The van der Waals surface area contributed by atoms with Crippen LogP contribution in [0.15, 0.2) is 47.6 Å². The highest BCUT2D eigenvalue weighted by Gasteiger charge is 2.16. The highest BCUT2D eigenvalue weighted by atomic mass is 35.5. The first kappa shape index (κ1) is 19.4. The molecule has 0 saturated carbocycles. The molecule has 2 aromatic rings. The van der Waals surface area contributed by atoms with E-state index in [4.69, 9.17) is 11.6 Å². The molecule has 1 aliphatic rings. The van der Waals surface area contributed by atoms with Crippen molar-refractivity contribution in [1.82, 2.24) is 5.43 Å². The lowest BCUT2D eigenvalue weighted by molar-refractivity contribution is -0.918. The maximum absolute atomic E-state index is 12.2. The van der Waals surface area contributed by atoms with Crippen molar-refractivity contribution in [3.63, 3.8) is 0 Å². The van der Waals surface area contributed by atoms with Crippen LogP contribution < -0.4 is 10.3 Å². The zero-order chi connectivity index (χ0) is 19.2. The molecule has 0 spiro atoms. The monoisotopic (exact) mass is 386 g/mol. The Kier molecular flexibility index (Phi) is 6.48. The Labute approximate surface area is 164 Å². The summed E-state index contributed by atoms with van der Waals surface area (Å²) in [5.74, 6) is 0.0256. The molecule has 3 rings (SSSR count). The van der Waals surface area contributed by atoms with E-state index in [1.165, 1.54) is 24.2 Å². The lowest BCUT2D eigenvalue weighted by atomic mass is 10.0. The van der Waals surface area contributed by atoms with Gasteiger partial charge in [0.2, 0.25) is 0 Å². The Morgan fingerprint density at radius 2 is 1.78 bits per heavy atom. The van der Waals surface area contributed by atoms with E-state index in [1.54, 1.807) is 30.3 Å². The van der Waals surface area contributed by atoms with E-state index in [2.05, 4.69) is 10.5 Å². The summed E-state index contributed by atoms with van der Waals surface area (Å²) in [5.41, 5.74) is 5.56. The van der Waals surface area contributed by atoms with E-state index in [1.807, 2.05) is 19.1 Å². The van der Waals surface area contributed by atoms with E-state index >= 15 is 0 Å². The number of benzene rings is 2. The Morgan fingerprint density at radius 3 is 2.48 bits per heavy atom. The van der Waals surface area contributed by atoms with Crippen molar-refractivity contribution in [3.8, 4) is 5.75 Å². The van der Waals surface area contributed by atoms with Gasteiger partial charge < -0.3 is 10.0 Å². The molecule has 6 heteroatoms. The molecule has 1 saturated heterocycles. The van der Waals surface area contributed by atoms with Crippen LogP contribution in [-0.2, 0) is 6.54 Å². The number of phenols is 1. The van der Waals surface area contributed by atoms with Gasteiger partial charge in [-0.05, 0) is 74.2 Å². The Hall–Kier alpha value is -2.37. The third-order valence-corrected chi connectivity index (χ3v) is 5.18. The minimum atomic E-state index is -0.289. The van der Waals surface area contributed by atoms with E-state index in [0.717, 1.165) is 30.8 Å². The molecule has 1 aliphatic heterocycles. The second-order valence-electron chi connectivity index (χ2n) is 6.98. The van der Waals surface area contributed by atoms with Gasteiger partial charge in [-0.2, -0.15) is 5.10 Å². The Balaban J connectivity index is 1.68. The molecule has 1 amide bonds. The quantitative estimate of drug-likeness (QED) is 0.546. The molecule has 1 fully saturated rings. The number of nitrogens with zero attached hydrogens (tertiary/aromatic N) is 1. The first-order valence-electron chi connectivity index (χ1n) is 9.29. The van der Waals surface area contributed by atoms with Gasteiger partial charge in [0.25, 0.3) is 5.91 Å². The smallest absolute Gasteiger partial charge is 0.271 e.